The van der Waals surface area contributed by atoms with Gasteiger partial charge in [-0.05, 0) is 6.08 Å². The van der Waals surface area contributed by atoms with Crippen molar-refractivity contribution in [1.82, 2.24) is 4.98 Å². The van der Waals surface area contributed by atoms with Crippen LogP contribution >= 0.6 is 0 Å². The summed E-state index contributed by atoms with van der Waals surface area (Å²) in [4.78, 5) is 14.2. The maximum Gasteiger partial charge on any atom is 0.311 e. The predicted molar refractivity (Wildman–Crippen MR) is 67.8 cm³/mol. The number of ether oxygens (including phenoxy) is 1. The Morgan fingerprint density at radius 3 is 2.79 bits per heavy atom. The molecule has 1 aromatic rings. The lowest BCUT2D eigenvalue weighted by atomic mass is 10.3. The number of nitrogens with zero attached hydrogens (tertiary/aromatic N) is 2. The molecule has 2 heterocycles. The highest BCUT2D eigenvalue weighted by Gasteiger charge is 2.25. The summed E-state index contributed by atoms with van der Waals surface area (Å²) in [7, 11) is -1.85. The van der Waals surface area contributed by atoms with E-state index in [2.05, 4.69) is 10.3 Å². The fraction of sp³-hybridized carbons (Fsp3) is 0.300. The fourth-order valence-electron chi connectivity index (χ4n) is 1.64. The minimum Gasteiger partial charge on any atom is -0.481 e. The number of sulfone groups is 1. The third-order valence-corrected chi connectivity index (χ3v) is 3.90. The topological polar surface area (TPSA) is 111 Å². The van der Waals surface area contributed by atoms with Gasteiger partial charge in [0.1, 0.15) is 0 Å². The van der Waals surface area contributed by atoms with Gasteiger partial charge in [-0.15, -0.1) is 0 Å². The molecule has 19 heavy (non-hydrogen) atoms. The molecule has 1 N–H and O–H groups in total. The Morgan fingerprint density at radius 1 is 1.53 bits per heavy atom. The van der Waals surface area contributed by atoms with Crippen molar-refractivity contribution in [2.75, 3.05) is 18.2 Å². The first-order chi connectivity index (χ1) is 8.91. The fourth-order valence-corrected chi connectivity index (χ4v) is 2.88. The van der Waals surface area contributed by atoms with Gasteiger partial charge in [0.25, 0.3) is 0 Å². The molecule has 1 aliphatic rings. The van der Waals surface area contributed by atoms with Gasteiger partial charge in [-0.3, -0.25) is 10.1 Å². The average molecular weight is 285 g/mol. The van der Waals surface area contributed by atoms with Crippen molar-refractivity contribution in [2.24, 2.45) is 0 Å². The number of aromatic nitrogens is 1. The molecule has 0 amide bonds. The molecular formula is C10H11N3O5S. The molecule has 2 rings (SSSR count). The van der Waals surface area contributed by atoms with E-state index in [0.717, 1.165) is 5.41 Å². The van der Waals surface area contributed by atoms with Crippen molar-refractivity contribution in [3.05, 3.63) is 33.7 Å². The summed E-state index contributed by atoms with van der Waals surface area (Å²) < 4.78 is 27.4. The lowest BCUT2D eigenvalue weighted by Gasteiger charge is -2.11. The molecule has 0 saturated carbocycles. The van der Waals surface area contributed by atoms with Crippen LogP contribution in [0.3, 0.4) is 0 Å². The van der Waals surface area contributed by atoms with E-state index in [0.29, 0.717) is 0 Å². The number of hydrogen-bond acceptors (Lipinski definition) is 7. The Balaban J connectivity index is 2.28. The SMILES string of the molecule is COc1ccc([N+](=O)[O-])c(NC2C=CS(=O)(=O)C2)n1. The van der Waals surface area contributed by atoms with Crippen LogP contribution in [0.2, 0.25) is 0 Å². The summed E-state index contributed by atoms with van der Waals surface area (Å²) in [6.45, 7) is 0. The highest BCUT2D eigenvalue weighted by molar-refractivity contribution is 7.94. The van der Waals surface area contributed by atoms with Crippen molar-refractivity contribution in [3.8, 4) is 5.88 Å². The van der Waals surface area contributed by atoms with E-state index in [1.54, 1.807) is 0 Å². The molecule has 1 aromatic heterocycles. The molecule has 0 bridgehead atoms. The number of anilines is 1. The minimum absolute atomic E-state index is 0.0175. The van der Waals surface area contributed by atoms with Crippen molar-refractivity contribution >= 4 is 21.3 Å². The van der Waals surface area contributed by atoms with Crippen LogP contribution in [0.4, 0.5) is 11.5 Å². The predicted octanol–water partition coefficient (Wildman–Crippen LogP) is 0.721. The van der Waals surface area contributed by atoms with E-state index in [4.69, 9.17) is 4.74 Å². The van der Waals surface area contributed by atoms with E-state index < -0.39 is 20.8 Å². The van der Waals surface area contributed by atoms with Crippen LogP contribution < -0.4 is 10.1 Å². The first kappa shape index (κ1) is 13.3. The molecule has 0 radical (unpaired) electrons. The molecule has 0 fully saturated rings. The van der Waals surface area contributed by atoms with E-state index in [1.807, 2.05) is 0 Å². The van der Waals surface area contributed by atoms with Crippen LogP contribution in [0.5, 0.6) is 5.88 Å². The number of nitro groups is 1. The first-order valence-corrected chi connectivity index (χ1v) is 7.00. The maximum absolute atomic E-state index is 11.3. The third-order valence-electron chi connectivity index (χ3n) is 2.51. The second kappa shape index (κ2) is 4.84. The summed E-state index contributed by atoms with van der Waals surface area (Å²) in [6.07, 6.45) is 1.43. The van der Waals surface area contributed by atoms with Crippen LogP contribution in [0, 0.1) is 10.1 Å². The summed E-state index contributed by atoms with van der Waals surface area (Å²) in [5, 5.41) is 14.7. The molecular weight excluding hydrogens is 274 g/mol. The zero-order chi connectivity index (χ0) is 14.0. The molecule has 1 unspecified atom stereocenters. The maximum atomic E-state index is 11.3. The van der Waals surface area contributed by atoms with Crippen LogP contribution in [0.1, 0.15) is 0 Å². The molecule has 9 heteroatoms. The van der Waals surface area contributed by atoms with Crippen LogP contribution in [-0.4, -0.2) is 37.2 Å². The monoisotopic (exact) mass is 285 g/mol. The highest BCUT2D eigenvalue weighted by atomic mass is 32.2. The van der Waals surface area contributed by atoms with E-state index in [9.17, 15) is 18.5 Å². The molecule has 0 aromatic carbocycles. The van der Waals surface area contributed by atoms with Crippen molar-refractivity contribution in [3.63, 3.8) is 0 Å². The third kappa shape index (κ3) is 2.99. The van der Waals surface area contributed by atoms with Crippen molar-refractivity contribution < 1.29 is 18.1 Å². The summed E-state index contributed by atoms with van der Waals surface area (Å²) in [6, 6.07) is 2.08. The molecule has 0 aliphatic carbocycles. The molecule has 0 spiro atoms. The molecule has 8 nitrogen and oxygen atoms in total. The van der Waals surface area contributed by atoms with Gasteiger partial charge in [-0.1, -0.05) is 0 Å². The van der Waals surface area contributed by atoms with Gasteiger partial charge in [0.2, 0.25) is 11.7 Å². The summed E-state index contributed by atoms with van der Waals surface area (Å²) in [5.41, 5.74) is -0.238. The first-order valence-electron chi connectivity index (χ1n) is 5.28. The second-order valence-corrected chi connectivity index (χ2v) is 5.82. The number of methoxy groups -OCH3 is 1. The Labute approximate surface area is 109 Å². The smallest absolute Gasteiger partial charge is 0.311 e. The Bertz CT molecular complexity index is 641. The van der Waals surface area contributed by atoms with Gasteiger partial charge in [-0.2, -0.15) is 4.98 Å². The van der Waals surface area contributed by atoms with E-state index in [1.165, 1.54) is 25.3 Å². The standard InChI is InChI=1S/C10H11N3O5S/c1-18-9-3-2-8(13(14)15)10(12-9)11-7-4-5-19(16,17)6-7/h2-5,7H,6H2,1H3,(H,11,12). The van der Waals surface area contributed by atoms with Crippen LogP contribution in [0.25, 0.3) is 0 Å². The van der Waals surface area contributed by atoms with Crippen LogP contribution in [-0.2, 0) is 9.84 Å². The Hall–Kier alpha value is -2.16. The number of pyridine rings is 1. The lowest BCUT2D eigenvalue weighted by Crippen LogP contribution is -2.22. The lowest BCUT2D eigenvalue weighted by molar-refractivity contribution is -0.384. The highest BCUT2D eigenvalue weighted by Crippen LogP contribution is 2.26. The molecule has 1 aliphatic heterocycles. The Morgan fingerprint density at radius 2 is 2.26 bits per heavy atom. The molecule has 102 valence electrons. The number of rotatable bonds is 4. The second-order valence-electron chi connectivity index (χ2n) is 3.89. The van der Waals surface area contributed by atoms with E-state index >= 15 is 0 Å². The van der Waals surface area contributed by atoms with Gasteiger partial charge >= 0.3 is 5.69 Å². The van der Waals surface area contributed by atoms with E-state index in [-0.39, 0.29) is 23.1 Å². The quantitative estimate of drug-likeness (QED) is 0.640. The Kier molecular flexibility index (Phi) is 3.38. The van der Waals surface area contributed by atoms with Crippen molar-refractivity contribution in [2.45, 2.75) is 6.04 Å². The number of nitrogens with one attached hydrogen (secondary N) is 1. The van der Waals surface area contributed by atoms with Crippen molar-refractivity contribution in [1.29, 1.82) is 0 Å². The summed E-state index contributed by atoms with van der Waals surface area (Å²) in [5.74, 6) is 0.0392. The normalized spacial score (nSPS) is 20.2. The van der Waals surface area contributed by atoms with Gasteiger partial charge in [0.05, 0.1) is 23.8 Å². The molecule has 0 saturated heterocycles. The molecule has 1 atom stereocenters. The van der Waals surface area contributed by atoms with Gasteiger partial charge in [0, 0.05) is 17.5 Å². The van der Waals surface area contributed by atoms with Crippen LogP contribution in [0.15, 0.2) is 23.6 Å². The largest absolute Gasteiger partial charge is 0.481 e. The van der Waals surface area contributed by atoms with Gasteiger partial charge in [-0.25, -0.2) is 8.42 Å². The zero-order valence-corrected chi connectivity index (χ0v) is 10.8. The number of hydrogen-bond donors (Lipinski definition) is 1. The summed E-state index contributed by atoms with van der Waals surface area (Å²) >= 11 is 0. The average Bonchev–Trinajstić information content (AvgIpc) is 2.68. The minimum atomic E-state index is -3.24. The van der Waals surface area contributed by atoms with Gasteiger partial charge in [0.15, 0.2) is 9.84 Å². The zero-order valence-electron chi connectivity index (χ0n) is 9.94. The van der Waals surface area contributed by atoms with Gasteiger partial charge < -0.3 is 10.1 Å².